The van der Waals surface area contributed by atoms with E-state index >= 15 is 0 Å². The van der Waals surface area contributed by atoms with E-state index in [0.29, 0.717) is 6.17 Å². The first-order chi connectivity index (χ1) is 11.2. The van der Waals surface area contributed by atoms with Crippen molar-refractivity contribution in [3.8, 4) is 0 Å². The van der Waals surface area contributed by atoms with Crippen LogP contribution in [-0.2, 0) is 0 Å². The van der Waals surface area contributed by atoms with Gasteiger partial charge in [-0.05, 0) is 54.1 Å². The molecule has 0 unspecified atom stereocenters. The zero-order valence-corrected chi connectivity index (χ0v) is 13.7. The molecule has 2 aromatic carbocycles. The molecule has 4 rings (SSSR count). The van der Waals surface area contributed by atoms with Crippen molar-refractivity contribution in [2.24, 2.45) is 0 Å². The molecule has 0 N–H and O–H groups in total. The quantitative estimate of drug-likeness (QED) is 0.834. The second kappa shape index (κ2) is 5.80. The third-order valence-corrected chi connectivity index (χ3v) is 4.95. The largest absolute Gasteiger partial charge is 0.286 e. The van der Waals surface area contributed by atoms with Gasteiger partial charge in [0.25, 0.3) is 0 Å². The summed E-state index contributed by atoms with van der Waals surface area (Å²) in [4.78, 5) is 4.81. The van der Waals surface area contributed by atoms with E-state index in [1.807, 2.05) is 0 Å². The first-order valence-electron chi connectivity index (χ1n) is 8.23. The van der Waals surface area contributed by atoms with Crippen molar-refractivity contribution in [3.05, 3.63) is 83.4 Å². The van der Waals surface area contributed by atoms with Gasteiger partial charge in [-0.1, -0.05) is 54.6 Å². The highest BCUT2D eigenvalue weighted by molar-refractivity contribution is 6.00. The summed E-state index contributed by atoms with van der Waals surface area (Å²) in [6.07, 6.45) is 5.13. The number of allylic oxidation sites excluding steroid dienone is 2. The van der Waals surface area contributed by atoms with Crippen molar-refractivity contribution in [3.63, 3.8) is 0 Å². The number of benzene rings is 2. The summed E-state index contributed by atoms with van der Waals surface area (Å²) < 4.78 is 0. The molecule has 0 saturated carbocycles. The van der Waals surface area contributed by atoms with Gasteiger partial charge in [-0.2, -0.15) is 0 Å². The van der Waals surface area contributed by atoms with Gasteiger partial charge in [0.2, 0.25) is 0 Å². The van der Waals surface area contributed by atoms with E-state index in [9.17, 15) is 0 Å². The molecule has 2 nitrogen and oxygen atoms in total. The molecule has 0 spiro atoms. The molecule has 2 heteroatoms. The van der Waals surface area contributed by atoms with Crippen LogP contribution in [0, 0.1) is 0 Å². The van der Waals surface area contributed by atoms with Gasteiger partial charge in [-0.25, -0.2) is 0 Å². The van der Waals surface area contributed by atoms with E-state index in [-0.39, 0.29) is 0 Å². The van der Waals surface area contributed by atoms with Crippen LogP contribution in [0.5, 0.6) is 0 Å². The van der Waals surface area contributed by atoms with Crippen molar-refractivity contribution in [2.75, 3.05) is 27.2 Å². The minimum Gasteiger partial charge on any atom is -0.286 e. The summed E-state index contributed by atoms with van der Waals surface area (Å²) in [5, 5.41) is 0. The van der Waals surface area contributed by atoms with Gasteiger partial charge < -0.3 is 0 Å². The van der Waals surface area contributed by atoms with Crippen molar-refractivity contribution < 1.29 is 0 Å². The zero-order valence-electron chi connectivity index (χ0n) is 13.7. The van der Waals surface area contributed by atoms with Crippen LogP contribution < -0.4 is 0 Å². The Bertz CT molecular complexity index is 763. The summed E-state index contributed by atoms with van der Waals surface area (Å²) in [7, 11) is 4.40. The highest BCUT2D eigenvalue weighted by Gasteiger charge is 2.26. The molecule has 1 aliphatic heterocycles. The summed E-state index contributed by atoms with van der Waals surface area (Å²) in [5.74, 6) is 0. The van der Waals surface area contributed by atoms with Gasteiger partial charge in [-0.15, -0.1) is 0 Å². The molecule has 0 radical (unpaired) electrons. The molecular formula is C21H22N2. The van der Waals surface area contributed by atoms with Gasteiger partial charge in [0, 0.05) is 13.1 Å². The van der Waals surface area contributed by atoms with Crippen molar-refractivity contribution in [1.82, 2.24) is 9.80 Å². The molecule has 0 atom stereocenters. The van der Waals surface area contributed by atoms with E-state index in [4.69, 9.17) is 0 Å². The minimum atomic E-state index is 0.379. The molecule has 1 fully saturated rings. The molecule has 1 heterocycles. The number of likely N-dealkylation sites (N-methyl/N-ethyl adjacent to an activating group) is 2. The summed E-state index contributed by atoms with van der Waals surface area (Å²) in [6, 6.07) is 19.4. The highest BCUT2D eigenvalue weighted by Crippen LogP contribution is 2.39. The fraction of sp³-hybridized carbons (Fsp3) is 0.238. The molecule has 0 bridgehead atoms. The molecule has 1 saturated heterocycles. The van der Waals surface area contributed by atoms with Crippen LogP contribution in [0.4, 0.5) is 0 Å². The lowest BCUT2D eigenvalue weighted by atomic mass is 9.99. The monoisotopic (exact) mass is 302 g/mol. The maximum Gasteiger partial charge on any atom is 0.0819 e. The standard InChI is InChI=1S/C21H22N2/c1-22-12-13-23(2)21(22)15-17-14-20(16-8-4-3-5-9-16)19-11-7-6-10-18(17)19/h3-11,14-15,21H,12-13H2,1-2H3/b17-15+. The topological polar surface area (TPSA) is 6.48 Å². The Balaban J connectivity index is 1.80. The maximum absolute atomic E-state index is 2.41. The number of rotatable bonds is 2. The summed E-state index contributed by atoms with van der Waals surface area (Å²) in [5.41, 5.74) is 6.64. The second-order valence-electron chi connectivity index (χ2n) is 6.47. The lowest BCUT2D eigenvalue weighted by Crippen LogP contribution is -2.32. The Morgan fingerprint density at radius 2 is 1.43 bits per heavy atom. The molecule has 116 valence electrons. The Labute approximate surface area is 138 Å². The lowest BCUT2D eigenvalue weighted by Gasteiger charge is -2.22. The fourth-order valence-electron chi connectivity index (χ4n) is 3.61. The van der Waals surface area contributed by atoms with Gasteiger partial charge >= 0.3 is 0 Å². The van der Waals surface area contributed by atoms with Gasteiger partial charge in [0.1, 0.15) is 0 Å². The van der Waals surface area contributed by atoms with E-state index in [1.165, 1.54) is 27.8 Å². The Morgan fingerprint density at radius 3 is 2.13 bits per heavy atom. The fourth-order valence-corrected chi connectivity index (χ4v) is 3.61. The number of hydrogen-bond acceptors (Lipinski definition) is 2. The van der Waals surface area contributed by atoms with Gasteiger partial charge in [0.15, 0.2) is 0 Å². The third-order valence-electron chi connectivity index (χ3n) is 4.95. The normalized spacial score (nSPS) is 21.0. The molecular weight excluding hydrogens is 280 g/mol. The average Bonchev–Trinajstić information content (AvgIpc) is 3.11. The SMILES string of the molecule is CN1CCN(C)C1/C=C1\C=C(c2ccccc2)c2ccccc21. The zero-order chi connectivity index (χ0) is 15.8. The maximum atomic E-state index is 2.41. The Kier molecular flexibility index (Phi) is 3.64. The minimum absolute atomic E-state index is 0.379. The third kappa shape index (κ3) is 2.54. The van der Waals surface area contributed by atoms with Crippen molar-refractivity contribution in [2.45, 2.75) is 6.17 Å². The highest BCUT2D eigenvalue weighted by atomic mass is 15.4. The molecule has 0 amide bonds. The first kappa shape index (κ1) is 14.4. The molecule has 2 aromatic rings. The van der Waals surface area contributed by atoms with Gasteiger partial charge in [-0.3, -0.25) is 9.80 Å². The van der Waals surface area contributed by atoms with Crippen molar-refractivity contribution in [1.29, 1.82) is 0 Å². The molecule has 0 aromatic heterocycles. The van der Waals surface area contributed by atoms with E-state index in [2.05, 4.69) is 90.6 Å². The number of nitrogens with zero attached hydrogens (tertiary/aromatic N) is 2. The predicted octanol–water partition coefficient (Wildman–Crippen LogP) is 3.72. The molecule has 23 heavy (non-hydrogen) atoms. The second-order valence-corrected chi connectivity index (χ2v) is 6.47. The molecule has 1 aliphatic carbocycles. The van der Waals surface area contributed by atoms with Crippen LogP contribution in [0.1, 0.15) is 16.7 Å². The van der Waals surface area contributed by atoms with Gasteiger partial charge in [0.05, 0.1) is 6.17 Å². The first-order valence-corrected chi connectivity index (χ1v) is 8.23. The van der Waals surface area contributed by atoms with E-state index in [0.717, 1.165) is 13.1 Å². The van der Waals surface area contributed by atoms with Crippen LogP contribution in [0.3, 0.4) is 0 Å². The smallest absolute Gasteiger partial charge is 0.0819 e. The Hall–Kier alpha value is -2.16. The van der Waals surface area contributed by atoms with Crippen molar-refractivity contribution >= 4 is 11.1 Å². The predicted molar refractivity (Wildman–Crippen MR) is 97.0 cm³/mol. The van der Waals surface area contributed by atoms with E-state index in [1.54, 1.807) is 0 Å². The summed E-state index contributed by atoms with van der Waals surface area (Å²) >= 11 is 0. The average molecular weight is 302 g/mol. The number of fused-ring (bicyclic) bond motifs is 1. The van der Waals surface area contributed by atoms with Crippen LogP contribution in [0.2, 0.25) is 0 Å². The lowest BCUT2D eigenvalue weighted by molar-refractivity contribution is 0.238. The Morgan fingerprint density at radius 1 is 0.826 bits per heavy atom. The van der Waals surface area contributed by atoms with E-state index < -0.39 is 0 Å². The summed E-state index contributed by atoms with van der Waals surface area (Å²) in [6.45, 7) is 2.25. The number of hydrogen-bond donors (Lipinski definition) is 0. The van der Waals surface area contributed by atoms with Crippen LogP contribution in [0.25, 0.3) is 11.1 Å². The molecule has 2 aliphatic rings. The van der Waals surface area contributed by atoms with Crippen LogP contribution >= 0.6 is 0 Å². The van der Waals surface area contributed by atoms with Crippen LogP contribution in [0.15, 0.2) is 66.7 Å². The van der Waals surface area contributed by atoms with Crippen LogP contribution in [-0.4, -0.2) is 43.2 Å².